The van der Waals surface area contributed by atoms with Crippen LogP contribution in [0, 0.1) is 0 Å². The van der Waals surface area contributed by atoms with Gasteiger partial charge in [-0.1, -0.05) is 118 Å². The highest BCUT2D eigenvalue weighted by Crippen LogP contribution is 2.49. The summed E-state index contributed by atoms with van der Waals surface area (Å²) in [6, 6.07) is 8.14. The molecule has 45 heavy (non-hydrogen) atoms. The zero-order chi connectivity index (χ0) is 33.3. The van der Waals surface area contributed by atoms with E-state index in [1.165, 1.54) is 0 Å². The van der Waals surface area contributed by atoms with Crippen molar-refractivity contribution in [1.29, 1.82) is 0 Å². The molecule has 0 atom stereocenters. The Bertz CT molecular complexity index is 1600. The Kier molecular flexibility index (Phi) is 12.6. The van der Waals surface area contributed by atoms with E-state index in [0.717, 1.165) is 85.6 Å². The first-order valence-electron chi connectivity index (χ1n) is 16.6. The fraction of sp³-hybridized carbons (Fsp3) is 0.282. The Hall–Kier alpha value is -4.31. The molecule has 0 bridgehead atoms. The van der Waals surface area contributed by atoms with Gasteiger partial charge in [0.15, 0.2) is 0 Å². The van der Waals surface area contributed by atoms with Crippen LogP contribution in [-0.2, 0) is 14.0 Å². The molecule has 4 heterocycles. The largest absolute Gasteiger partial charge is 0.634 e. The summed E-state index contributed by atoms with van der Waals surface area (Å²) in [7, 11) is -1.21. The molecule has 4 aliphatic heterocycles. The second kappa shape index (κ2) is 16.1. The predicted octanol–water partition coefficient (Wildman–Crippen LogP) is 9.95. The average molecular weight is 602 g/mol. The van der Waals surface area contributed by atoms with Gasteiger partial charge in [-0.2, -0.15) is 0 Å². The number of hydrogen-bond donors (Lipinski definition) is 0. The third kappa shape index (κ3) is 5.79. The number of rotatable bonds is 3. The number of hydrogen-bond acceptors (Lipinski definition) is 4. The Labute approximate surface area is 272 Å². The molecule has 0 aromatic heterocycles. The lowest BCUT2D eigenvalue weighted by Crippen LogP contribution is -2.55. The molecule has 4 nitrogen and oxygen atoms in total. The SMILES string of the molecule is C=C/C=C1\C(=C/C)OB2OC(C=C)=C(C=C)c3c2c1c1c2c3C3=CCCC=C3OB2Oc2ccccc2-1.CC.CC.CC.CC. The van der Waals surface area contributed by atoms with Crippen LogP contribution in [-0.4, -0.2) is 14.2 Å². The molecule has 0 unspecified atom stereocenters. The summed E-state index contributed by atoms with van der Waals surface area (Å²) in [5, 5.41) is 0. The maximum atomic E-state index is 6.55. The lowest BCUT2D eigenvalue weighted by atomic mass is 9.55. The van der Waals surface area contributed by atoms with Gasteiger partial charge in [0, 0.05) is 33.2 Å². The molecular formula is C39H48B2O4. The van der Waals surface area contributed by atoms with Crippen LogP contribution < -0.4 is 15.6 Å². The third-order valence-corrected chi connectivity index (χ3v) is 7.53. The molecule has 5 aliphatic rings. The van der Waals surface area contributed by atoms with E-state index in [0.29, 0.717) is 5.76 Å². The van der Waals surface area contributed by atoms with E-state index in [1.54, 1.807) is 12.2 Å². The molecule has 0 amide bonds. The van der Waals surface area contributed by atoms with Crippen LogP contribution in [0.4, 0.5) is 0 Å². The quantitative estimate of drug-likeness (QED) is 0.328. The Balaban J connectivity index is 0.000000642. The zero-order valence-electron chi connectivity index (χ0n) is 28.7. The van der Waals surface area contributed by atoms with Gasteiger partial charge in [0.25, 0.3) is 0 Å². The third-order valence-electron chi connectivity index (χ3n) is 7.53. The first kappa shape index (κ1) is 35.2. The molecule has 0 saturated heterocycles. The lowest BCUT2D eigenvalue weighted by Gasteiger charge is -2.42. The Morgan fingerprint density at radius 3 is 1.98 bits per heavy atom. The highest BCUT2D eigenvalue weighted by molar-refractivity contribution is 6.71. The highest BCUT2D eigenvalue weighted by atomic mass is 16.6. The molecule has 0 N–H and O–H groups in total. The monoisotopic (exact) mass is 602 g/mol. The molecule has 1 aliphatic carbocycles. The summed E-state index contributed by atoms with van der Waals surface area (Å²) in [5.74, 6) is 3.02. The van der Waals surface area contributed by atoms with Gasteiger partial charge in [-0.3, -0.25) is 0 Å². The summed E-state index contributed by atoms with van der Waals surface area (Å²) in [5.41, 5.74) is 10.2. The van der Waals surface area contributed by atoms with Crippen LogP contribution in [0.1, 0.15) is 91.8 Å². The topological polar surface area (TPSA) is 36.9 Å². The van der Waals surface area contributed by atoms with Gasteiger partial charge in [-0.15, -0.1) is 0 Å². The van der Waals surface area contributed by atoms with E-state index >= 15 is 0 Å². The lowest BCUT2D eigenvalue weighted by molar-refractivity contribution is 0.321. The Morgan fingerprint density at radius 1 is 0.689 bits per heavy atom. The van der Waals surface area contributed by atoms with Gasteiger partial charge in [-0.25, -0.2) is 0 Å². The van der Waals surface area contributed by atoms with Crippen LogP contribution in [0.3, 0.4) is 0 Å². The van der Waals surface area contributed by atoms with Crippen molar-refractivity contribution >= 4 is 41.9 Å². The van der Waals surface area contributed by atoms with Crippen LogP contribution in [0.25, 0.3) is 27.8 Å². The van der Waals surface area contributed by atoms with Gasteiger partial charge < -0.3 is 18.6 Å². The maximum absolute atomic E-state index is 6.55. The van der Waals surface area contributed by atoms with Gasteiger partial charge in [-0.05, 0) is 66.3 Å². The van der Waals surface area contributed by atoms with E-state index in [4.69, 9.17) is 18.6 Å². The van der Waals surface area contributed by atoms with Crippen molar-refractivity contribution in [3.05, 3.63) is 121 Å². The highest BCUT2D eigenvalue weighted by Gasteiger charge is 2.52. The van der Waals surface area contributed by atoms with E-state index < -0.39 is 14.2 Å². The van der Waals surface area contributed by atoms with Crippen LogP contribution in [0.2, 0.25) is 0 Å². The second-order valence-corrected chi connectivity index (χ2v) is 9.38. The normalized spacial score (nSPS) is 17.1. The standard InChI is InChI=1S/C31H24B2O4.4C2H6/c1-5-13-19-23(8-4)35-32-30-26(18(6-2)22(7-3)34-32)28-20-14-9-11-16-24(20)36-33-31(28)29(27(19)30)21-15-10-12-17-25(21)37-33;4*1-2/h5-8,10,12-17H,1-3,9,11H2,4H3;4*1-2H3/b19-13+,23-8+;;;;. The number of para-hydroxylation sites is 1. The van der Waals surface area contributed by atoms with Crippen molar-refractivity contribution in [2.45, 2.75) is 75.2 Å². The summed E-state index contributed by atoms with van der Waals surface area (Å²) < 4.78 is 26.0. The van der Waals surface area contributed by atoms with Crippen molar-refractivity contribution in [3.63, 3.8) is 0 Å². The molecule has 0 radical (unpaired) electrons. The van der Waals surface area contributed by atoms with Crippen molar-refractivity contribution in [3.8, 4) is 16.9 Å². The first-order chi connectivity index (χ1) is 22.2. The predicted molar refractivity (Wildman–Crippen MR) is 196 cm³/mol. The fourth-order valence-electron chi connectivity index (χ4n) is 6.13. The van der Waals surface area contributed by atoms with Crippen LogP contribution >= 0.6 is 0 Å². The summed E-state index contributed by atoms with van der Waals surface area (Å²) in [6.45, 7) is 30.2. The summed E-state index contributed by atoms with van der Waals surface area (Å²) >= 11 is 0. The van der Waals surface area contributed by atoms with Crippen molar-refractivity contribution < 1.29 is 18.6 Å². The second-order valence-electron chi connectivity index (χ2n) is 9.38. The van der Waals surface area contributed by atoms with E-state index in [-0.39, 0.29) is 0 Å². The van der Waals surface area contributed by atoms with Crippen molar-refractivity contribution in [2.24, 2.45) is 0 Å². The smallest absolute Gasteiger partial charge is 0.522 e. The van der Waals surface area contributed by atoms with Gasteiger partial charge in [0.05, 0.1) is 0 Å². The van der Waals surface area contributed by atoms with Crippen molar-refractivity contribution in [1.82, 2.24) is 0 Å². The van der Waals surface area contributed by atoms with Crippen molar-refractivity contribution in [2.75, 3.05) is 0 Å². The van der Waals surface area contributed by atoms with E-state index in [1.807, 2.05) is 98.7 Å². The number of fused-ring (bicyclic) bond motifs is 6. The minimum absolute atomic E-state index is 0.579. The summed E-state index contributed by atoms with van der Waals surface area (Å²) in [6.07, 6.45) is 15.7. The van der Waals surface area contributed by atoms with Gasteiger partial charge >= 0.3 is 14.2 Å². The molecule has 0 spiro atoms. The molecular weight excluding hydrogens is 554 g/mol. The molecule has 2 aromatic rings. The Morgan fingerprint density at radius 2 is 1.33 bits per heavy atom. The average Bonchev–Trinajstić information content (AvgIpc) is 3.12. The fourth-order valence-corrected chi connectivity index (χ4v) is 6.13. The minimum Gasteiger partial charge on any atom is -0.522 e. The molecule has 7 rings (SSSR count). The number of allylic oxidation sites excluding steroid dienone is 10. The van der Waals surface area contributed by atoms with Gasteiger partial charge in [0.1, 0.15) is 23.0 Å². The number of benzene rings is 2. The summed E-state index contributed by atoms with van der Waals surface area (Å²) in [4.78, 5) is 0. The molecule has 6 heteroatoms. The van der Waals surface area contributed by atoms with Gasteiger partial charge in [0.2, 0.25) is 0 Å². The maximum Gasteiger partial charge on any atom is 0.634 e. The molecule has 0 fully saturated rings. The van der Waals surface area contributed by atoms with Crippen LogP contribution in [0.5, 0.6) is 5.75 Å². The molecule has 0 saturated carbocycles. The zero-order valence-corrected chi connectivity index (χ0v) is 28.7. The van der Waals surface area contributed by atoms with E-state index in [9.17, 15) is 0 Å². The van der Waals surface area contributed by atoms with E-state index in [2.05, 4.69) is 38.0 Å². The first-order valence-corrected chi connectivity index (χ1v) is 16.6. The molecule has 2 aromatic carbocycles. The minimum atomic E-state index is -0.635. The molecule has 234 valence electrons. The van der Waals surface area contributed by atoms with Crippen LogP contribution in [0.15, 0.2) is 104 Å².